The molecule has 0 radical (unpaired) electrons. The third-order valence-electron chi connectivity index (χ3n) is 11.8. The first-order chi connectivity index (χ1) is 27.8. The van der Waals surface area contributed by atoms with Gasteiger partial charge in [-0.15, -0.1) is 0 Å². The maximum Gasteiger partial charge on any atom is 0.306 e. The van der Waals surface area contributed by atoms with E-state index in [1.54, 1.807) is 0 Å². The average molecular weight is 807 g/mol. The van der Waals surface area contributed by atoms with E-state index in [0.29, 0.717) is 19.3 Å². The van der Waals surface area contributed by atoms with Crippen molar-refractivity contribution in [2.45, 2.75) is 285 Å². The SMILES string of the molecule is CCCCCCCCCCCCCCCCC(=O)OC[C@@H](COC(=O)CCCCCCCCCCCCCCC(C)C)OC(=O)CCCCCCCCC(C)CC. The van der Waals surface area contributed by atoms with E-state index in [1.165, 1.54) is 167 Å². The summed E-state index contributed by atoms with van der Waals surface area (Å²) in [5.74, 6) is 0.791. The van der Waals surface area contributed by atoms with Gasteiger partial charge in [-0.05, 0) is 31.1 Å². The van der Waals surface area contributed by atoms with Crippen LogP contribution in [0.25, 0.3) is 0 Å². The number of hydrogen-bond donors (Lipinski definition) is 0. The van der Waals surface area contributed by atoms with Gasteiger partial charge in [-0.1, -0.05) is 240 Å². The summed E-state index contributed by atoms with van der Waals surface area (Å²) in [6.45, 7) is 11.3. The molecule has 338 valence electrons. The zero-order valence-electron chi connectivity index (χ0n) is 39.0. The minimum atomic E-state index is -0.762. The topological polar surface area (TPSA) is 78.9 Å². The number of rotatable bonds is 45. The van der Waals surface area contributed by atoms with E-state index in [-0.39, 0.29) is 31.1 Å². The molecule has 0 spiro atoms. The van der Waals surface area contributed by atoms with Gasteiger partial charge < -0.3 is 14.2 Å². The Hall–Kier alpha value is -1.59. The first-order valence-corrected chi connectivity index (χ1v) is 25.3. The van der Waals surface area contributed by atoms with Gasteiger partial charge in [-0.25, -0.2) is 0 Å². The molecule has 2 atom stereocenters. The Morgan fingerprint density at radius 2 is 0.667 bits per heavy atom. The van der Waals surface area contributed by atoms with Crippen LogP contribution in [0.5, 0.6) is 0 Å². The fraction of sp³-hybridized carbons (Fsp3) is 0.941. The van der Waals surface area contributed by atoms with E-state index < -0.39 is 6.10 Å². The molecular formula is C51H98O6. The first-order valence-electron chi connectivity index (χ1n) is 25.3. The van der Waals surface area contributed by atoms with Crippen molar-refractivity contribution in [3.63, 3.8) is 0 Å². The first kappa shape index (κ1) is 55.4. The summed E-state index contributed by atoms with van der Waals surface area (Å²) in [5, 5.41) is 0. The Bertz CT molecular complexity index is 872. The van der Waals surface area contributed by atoms with Crippen LogP contribution in [0.4, 0.5) is 0 Å². The van der Waals surface area contributed by atoms with Crippen LogP contribution in [0.1, 0.15) is 279 Å². The summed E-state index contributed by atoms with van der Waals surface area (Å²) in [4.78, 5) is 37.9. The van der Waals surface area contributed by atoms with E-state index in [4.69, 9.17) is 14.2 Å². The smallest absolute Gasteiger partial charge is 0.306 e. The van der Waals surface area contributed by atoms with Gasteiger partial charge in [-0.2, -0.15) is 0 Å². The van der Waals surface area contributed by atoms with Gasteiger partial charge in [0.05, 0.1) is 0 Å². The van der Waals surface area contributed by atoms with Crippen LogP contribution in [0.15, 0.2) is 0 Å². The van der Waals surface area contributed by atoms with Crippen molar-refractivity contribution >= 4 is 17.9 Å². The molecule has 0 N–H and O–H groups in total. The normalized spacial score (nSPS) is 12.5. The molecule has 0 aromatic carbocycles. The maximum absolute atomic E-state index is 12.7. The van der Waals surface area contributed by atoms with Crippen molar-refractivity contribution in [2.24, 2.45) is 11.8 Å². The molecule has 6 heteroatoms. The van der Waals surface area contributed by atoms with Crippen LogP contribution in [0, 0.1) is 11.8 Å². The number of carbonyl (C=O) groups is 3. The minimum Gasteiger partial charge on any atom is -0.462 e. The van der Waals surface area contributed by atoms with Crippen LogP contribution < -0.4 is 0 Å². The minimum absolute atomic E-state index is 0.0647. The van der Waals surface area contributed by atoms with Gasteiger partial charge in [0, 0.05) is 19.3 Å². The number of esters is 3. The molecule has 0 aromatic rings. The van der Waals surface area contributed by atoms with Crippen LogP contribution in [0.3, 0.4) is 0 Å². The van der Waals surface area contributed by atoms with Gasteiger partial charge in [0.15, 0.2) is 6.10 Å². The molecular weight excluding hydrogens is 709 g/mol. The molecule has 0 rings (SSSR count). The molecule has 0 fully saturated rings. The van der Waals surface area contributed by atoms with Crippen LogP contribution in [0.2, 0.25) is 0 Å². The molecule has 0 aliphatic rings. The van der Waals surface area contributed by atoms with E-state index in [0.717, 1.165) is 69.6 Å². The fourth-order valence-corrected chi connectivity index (χ4v) is 7.60. The van der Waals surface area contributed by atoms with Gasteiger partial charge in [0.1, 0.15) is 13.2 Å². The second-order valence-electron chi connectivity index (χ2n) is 18.2. The Morgan fingerprint density at radius 1 is 0.368 bits per heavy atom. The van der Waals surface area contributed by atoms with Crippen molar-refractivity contribution in [3.05, 3.63) is 0 Å². The molecule has 0 aromatic heterocycles. The van der Waals surface area contributed by atoms with Gasteiger partial charge >= 0.3 is 17.9 Å². The second kappa shape index (κ2) is 44.0. The summed E-state index contributed by atoms with van der Waals surface area (Å²) in [6.07, 6.45) is 43.7. The van der Waals surface area contributed by atoms with Crippen LogP contribution >= 0.6 is 0 Å². The Kier molecular flexibility index (Phi) is 42.7. The quantitative estimate of drug-likeness (QED) is 0.0346. The Balaban J connectivity index is 4.29. The largest absolute Gasteiger partial charge is 0.462 e. The highest BCUT2D eigenvalue weighted by Crippen LogP contribution is 2.17. The van der Waals surface area contributed by atoms with Crippen molar-refractivity contribution in [1.82, 2.24) is 0 Å². The lowest BCUT2D eigenvalue weighted by atomic mass is 10.00. The van der Waals surface area contributed by atoms with E-state index in [2.05, 4.69) is 34.6 Å². The monoisotopic (exact) mass is 807 g/mol. The van der Waals surface area contributed by atoms with E-state index in [9.17, 15) is 14.4 Å². The van der Waals surface area contributed by atoms with E-state index in [1.807, 2.05) is 0 Å². The number of hydrogen-bond acceptors (Lipinski definition) is 6. The maximum atomic E-state index is 12.7. The molecule has 57 heavy (non-hydrogen) atoms. The molecule has 6 nitrogen and oxygen atoms in total. The highest BCUT2D eigenvalue weighted by atomic mass is 16.6. The zero-order valence-corrected chi connectivity index (χ0v) is 39.0. The van der Waals surface area contributed by atoms with Crippen LogP contribution in [-0.4, -0.2) is 37.2 Å². The number of ether oxygens (including phenoxy) is 3. The third kappa shape index (κ3) is 43.8. The summed E-state index contributed by atoms with van der Waals surface area (Å²) in [7, 11) is 0. The third-order valence-corrected chi connectivity index (χ3v) is 11.8. The van der Waals surface area contributed by atoms with Crippen molar-refractivity contribution < 1.29 is 28.6 Å². The Labute approximate surface area is 355 Å². The van der Waals surface area contributed by atoms with E-state index >= 15 is 0 Å². The molecule has 0 amide bonds. The lowest BCUT2D eigenvalue weighted by Gasteiger charge is -2.18. The molecule has 0 aliphatic carbocycles. The number of carbonyl (C=O) groups excluding carboxylic acids is 3. The predicted molar refractivity (Wildman–Crippen MR) is 243 cm³/mol. The second-order valence-corrected chi connectivity index (χ2v) is 18.2. The summed E-state index contributed by atoms with van der Waals surface area (Å²) >= 11 is 0. The van der Waals surface area contributed by atoms with Gasteiger partial charge in [-0.3, -0.25) is 14.4 Å². The van der Waals surface area contributed by atoms with Gasteiger partial charge in [0.25, 0.3) is 0 Å². The lowest BCUT2D eigenvalue weighted by molar-refractivity contribution is -0.167. The highest BCUT2D eigenvalue weighted by molar-refractivity contribution is 5.71. The standard InChI is InChI=1S/C51H98O6/c1-6-8-9-10-11-12-13-14-15-19-22-25-31-36-41-49(52)55-44-48(57-51(54)43-38-33-28-27-30-35-40-47(5)7-2)45-56-50(53)42-37-32-26-23-20-17-16-18-21-24-29-34-39-46(3)4/h46-48H,6-45H2,1-5H3/t47?,48-/m0/s1. The summed E-state index contributed by atoms with van der Waals surface area (Å²) in [6, 6.07) is 0. The molecule has 1 unspecified atom stereocenters. The average Bonchev–Trinajstić information content (AvgIpc) is 3.19. The molecule has 0 heterocycles. The molecule has 0 saturated heterocycles. The highest BCUT2D eigenvalue weighted by Gasteiger charge is 2.19. The number of unbranched alkanes of at least 4 members (excludes halogenated alkanes) is 29. The van der Waals surface area contributed by atoms with Crippen molar-refractivity contribution in [2.75, 3.05) is 13.2 Å². The van der Waals surface area contributed by atoms with Crippen molar-refractivity contribution in [3.8, 4) is 0 Å². The lowest BCUT2D eigenvalue weighted by Crippen LogP contribution is -2.30. The summed E-state index contributed by atoms with van der Waals surface area (Å²) in [5.41, 5.74) is 0. The van der Waals surface area contributed by atoms with Crippen LogP contribution in [-0.2, 0) is 28.6 Å². The van der Waals surface area contributed by atoms with Crippen molar-refractivity contribution in [1.29, 1.82) is 0 Å². The Morgan fingerprint density at radius 3 is 1.00 bits per heavy atom. The molecule has 0 bridgehead atoms. The van der Waals surface area contributed by atoms with Gasteiger partial charge in [0.2, 0.25) is 0 Å². The predicted octanol–water partition coefficient (Wildman–Crippen LogP) is 16.1. The zero-order chi connectivity index (χ0) is 41.9. The molecule has 0 saturated carbocycles. The summed E-state index contributed by atoms with van der Waals surface area (Å²) < 4.78 is 16.8. The fourth-order valence-electron chi connectivity index (χ4n) is 7.60. The molecule has 0 aliphatic heterocycles.